The molecule has 0 bridgehead atoms. The first kappa shape index (κ1) is 16.2. The van der Waals surface area contributed by atoms with Gasteiger partial charge >= 0.3 is 5.97 Å². The largest absolute Gasteiger partial charge is 0.467 e. The highest BCUT2D eigenvalue weighted by Gasteiger charge is 2.32. The average Bonchev–Trinajstić information content (AvgIpc) is 3.12. The maximum absolute atomic E-state index is 11.9. The third-order valence-electron chi connectivity index (χ3n) is 4.31. The lowest BCUT2D eigenvalue weighted by molar-refractivity contribution is -0.141. The van der Waals surface area contributed by atoms with Crippen LogP contribution in [0.1, 0.15) is 31.4 Å². The van der Waals surface area contributed by atoms with Crippen molar-refractivity contribution in [3.05, 3.63) is 48.2 Å². The van der Waals surface area contributed by atoms with E-state index in [-0.39, 0.29) is 18.1 Å². The van der Waals surface area contributed by atoms with Gasteiger partial charge in [0, 0.05) is 12.7 Å². The summed E-state index contributed by atoms with van der Waals surface area (Å²) in [5, 5.41) is 3.32. The van der Waals surface area contributed by atoms with Gasteiger partial charge in [-0.25, -0.2) is 9.78 Å². The van der Waals surface area contributed by atoms with Crippen molar-refractivity contribution >= 4 is 17.7 Å². The van der Waals surface area contributed by atoms with Gasteiger partial charge in [0.15, 0.2) is 0 Å². The quantitative estimate of drug-likeness (QED) is 0.852. The molecule has 2 atom stereocenters. The third kappa shape index (κ3) is 3.48. The maximum atomic E-state index is 11.9. The van der Waals surface area contributed by atoms with Gasteiger partial charge in [0.05, 0.1) is 13.2 Å². The number of esters is 1. The summed E-state index contributed by atoms with van der Waals surface area (Å²) < 4.78 is 4.90. The molecule has 0 spiro atoms. The first-order valence-electron chi connectivity index (χ1n) is 8.18. The van der Waals surface area contributed by atoms with Crippen LogP contribution in [0.4, 0.5) is 11.8 Å². The van der Waals surface area contributed by atoms with Crippen molar-refractivity contribution in [2.45, 2.75) is 31.8 Å². The van der Waals surface area contributed by atoms with Crippen molar-refractivity contribution in [3.8, 4) is 0 Å². The Morgan fingerprint density at radius 3 is 2.88 bits per heavy atom. The molecule has 0 aliphatic carbocycles. The Morgan fingerprint density at radius 2 is 2.12 bits per heavy atom. The number of ether oxygens (including phenoxy) is 1. The second kappa shape index (κ2) is 7.29. The lowest BCUT2D eigenvalue weighted by atomic mass is 10.1. The van der Waals surface area contributed by atoms with Gasteiger partial charge in [-0.2, -0.15) is 4.98 Å². The topological polar surface area (TPSA) is 67.3 Å². The molecule has 1 N–H and O–H groups in total. The van der Waals surface area contributed by atoms with E-state index in [4.69, 9.17) is 4.74 Å². The molecule has 0 radical (unpaired) electrons. The summed E-state index contributed by atoms with van der Waals surface area (Å²) in [4.78, 5) is 22.8. The number of benzene rings is 1. The number of methoxy groups -OCH3 is 1. The van der Waals surface area contributed by atoms with Gasteiger partial charge in [0.2, 0.25) is 5.95 Å². The monoisotopic (exact) mass is 326 g/mol. The number of nitrogens with one attached hydrogen (secondary N) is 1. The first-order valence-corrected chi connectivity index (χ1v) is 8.18. The van der Waals surface area contributed by atoms with Crippen molar-refractivity contribution in [2.75, 3.05) is 23.9 Å². The fourth-order valence-electron chi connectivity index (χ4n) is 3.02. The van der Waals surface area contributed by atoms with Gasteiger partial charge in [0.1, 0.15) is 11.9 Å². The molecule has 126 valence electrons. The van der Waals surface area contributed by atoms with Crippen LogP contribution in [0.5, 0.6) is 0 Å². The number of hydrogen-bond acceptors (Lipinski definition) is 6. The van der Waals surface area contributed by atoms with Crippen molar-refractivity contribution in [2.24, 2.45) is 0 Å². The van der Waals surface area contributed by atoms with Crippen LogP contribution in [0.25, 0.3) is 0 Å². The van der Waals surface area contributed by atoms with Gasteiger partial charge in [0.25, 0.3) is 0 Å². The highest BCUT2D eigenvalue weighted by molar-refractivity contribution is 5.80. The van der Waals surface area contributed by atoms with E-state index < -0.39 is 0 Å². The Morgan fingerprint density at radius 1 is 1.33 bits per heavy atom. The SMILES string of the molecule is COC(=O)[C@@H]1CCCN1c1ccnc(N[C@H](C)c2ccccc2)n1. The molecule has 1 aliphatic heterocycles. The zero-order valence-corrected chi connectivity index (χ0v) is 14.0. The number of aromatic nitrogens is 2. The Kier molecular flexibility index (Phi) is 4.93. The van der Waals surface area contributed by atoms with Crippen LogP contribution in [0.2, 0.25) is 0 Å². The highest BCUT2D eigenvalue weighted by atomic mass is 16.5. The molecule has 2 heterocycles. The molecule has 1 aliphatic rings. The van der Waals surface area contributed by atoms with Gasteiger partial charge in [-0.1, -0.05) is 30.3 Å². The number of carbonyl (C=O) groups excluding carboxylic acids is 1. The predicted octanol–water partition coefficient (Wildman–Crippen LogP) is 2.79. The Labute approximate surface area is 141 Å². The van der Waals surface area contributed by atoms with Crippen LogP contribution >= 0.6 is 0 Å². The van der Waals surface area contributed by atoms with Gasteiger partial charge < -0.3 is 15.0 Å². The number of carbonyl (C=O) groups is 1. The van der Waals surface area contributed by atoms with Crippen LogP contribution in [-0.4, -0.2) is 35.6 Å². The Balaban J connectivity index is 1.76. The molecule has 6 heteroatoms. The van der Waals surface area contributed by atoms with E-state index in [2.05, 4.69) is 34.3 Å². The molecule has 0 unspecified atom stereocenters. The van der Waals surface area contributed by atoms with Crippen molar-refractivity contribution < 1.29 is 9.53 Å². The summed E-state index contributed by atoms with van der Waals surface area (Å²) in [6, 6.07) is 11.8. The second-order valence-electron chi connectivity index (χ2n) is 5.89. The smallest absolute Gasteiger partial charge is 0.328 e. The molecular formula is C18H22N4O2. The number of nitrogens with zero attached hydrogens (tertiary/aromatic N) is 3. The maximum Gasteiger partial charge on any atom is 0.328 e. The van der Waals surface area contributed by atoms with E-state index in [1.165, 1.54) is 12.7 Å². The Hall–Kier alpha value is -2.63. The first-order chi connectivity index (χ1) is 11.7. The van der Waals surface area contributed by atoms with Crippen molar-refractivity contribution in [1.82, 2.24) is 9.97 Å². The summed E-state index contributed by atoms with van der Waals surface area (Å²) in [6.45, 7) is 2.86. The predicted molar refractivity (Wildman–Crippen MR) is 92.9 cm³/mol. The summed E-state index contributed by atoms with van der Waals surface area (Å²) in [6.07, 6.45) is 3.46. The summed E-state index contributed by atoms with van der Waals surface area (Å²) in [7, 11) is 1.42. The molecule has 1 aromatic heterocycles. The van der Waals surface area contributed by atoms with E-state index in [1.807, 2.05) is 29.2 Å². The van der Waals surface area contributed by atoms with Crippen LogP contribution in [0, 0.1) is 0 Å². The van der Waals surface area contributed by atoms with Crippen molar-refractivity contribution in [3.63, 3.8) is 0 Å². The van der Waals surface area contributed by atoms with Gasteiger partial charge in [-0.05, 0) is 31.4 Å². The third-order valence-corrected chi connectivity index (χ3v) is 4.31. The van der Waals surface area contributed by atoms with E-state index in [0.717, 1.165) is 25.2 Å². The molecule has 1 aromatic carbocycles. The van der Waals surface area contributed by atoms with E-state index >= 15 is 0 Å². The Bertz CT molecular complexity index is 692. The normalized spacial score (nSPS) is 18.2. The number of rotatable bonds is 5. The molecule has 3 rings (SSSR count). The lowest BCUT2D eigenvalue weighted by Crippen LogP contribution is -2.37. The highest BCUT2D eigenvalue weighted by Crippen LogP contribution is 2.25. The van der Waals surface area contributed by atoms with E-state index in [0.29, 0.717) is 5.95 Å². The lowest BCUT2D eigenvalue weighted by Gasteiger charge is -2.24. The second-order valence-corrected chi connectivity index (χ2v) is 5.89. The standard InChI is InChI=1S/C18H22N4O2/c1-13(14-7-4-3-5-8-14)20-18-19-11-10-16(21-18)22-12-6-9-15(22)17(23)24-2/h3-5,7-8,10-11,13,15H,6,9,12H2,1-2H3,(H,19,20,21)/t13-,15+/m1/s1. The number of hydrogen-bond donors (Lipinski definition) is 1. The minimum Gasteiger partial charge on any atom is -0.467 e. The van der Waals surface area contributed by atoms with Crippen molar-refractivity contribution in [1.29, 1.82) is 0 Å². The average molecular weight is 326 g/mol. The van der Waals surface area contributed by atoms with Crippen LogP contribution < -0.4 is 10.2 Å². The van der Waals surface area contributed by atoms with E-state index in [1.54, 1.807) is 6.20 Å². The minimum atomic E-state index is -0.260. The van der Waals surface area contributed by atoms with Gasteiger partial charge in [-0.15, -0.1) is 0 Å². The fraction of sp³-hybridized carbons (Fsp3) is 0.389. The number of anilines is 2. The molecule has 24 heavy (non-hydrogen) atoms. The molecule has 1 fully saturated rings. The molecule has 1 saturated heterocycles. The zero-order valence-electron chi connectivity index (χ0n) is 14.0. The summed E-state index contributed by atoms with van der Waals surface area (Å²) in [5.41, 5.74) is 1.17. The summed E-state index contributed by atoms with van der Waals surface area (Å²) in [5.74, 6) is 1.10. The van der Waals surface area contributed by atoms with Crippen LogP contribution in [0.3, 0.4) is 0 Å². The zero-order chi connectivity index (χ0) is 16.9. The van der Waals surface area contributed by atoms with Crippen LogP contribution in [0.15, 0.2) is 42.6 Å². The molecule has 2 aromatic rings. The van der Waals surface area contributed by atoms with E-state index in [9.17, 15) is 4.79 Å². The fourth-order valence-corrected chi connectivity index (χ4v) is 3.02. The summed E-state index contributed by atoms with van der Waals surface area (Å²) >= 11 is 0. The molecule has 0 amide bonds. The minimum absolute atomic E-state index is 0.0939. The van der Waals surface area contributed by atoms with Crippen LogP contribution in [-0.2, 0) is 9.53 Å². The molecule has 0 saturated carbocycles. The van der Waals surface area contributed by atoms with Gasteiger partial charge in [-0.3, -0.25) is 0 Å². The molecular weight excluding hydrogens is 304 g/mol. The molecule has 6 nitrogen and oxygen atoms in total.